The van der Waals surface area contributed by atoms with E-state index in [4.69, 9.17) is 0 Å². The Labute approximate surface area is 200 Å². The molecule has 1 aromatic heterocycles. The number of hydrogen-bond donors (Lipinski definition) is 2. The topological polar surface area (TPSA) is 74.6 Å². The molecule has 34 heavy (non-hydrogen) atoms. The molecule has 5 rings (SSSR count). The summed E-state index contributed by atoms with van der Waals surface area (Å²) in [5.74, 6) is 2.11. The summed E-state index contributed by atoms with van der Waals surface area (Å²) in [5, 5.41) is 16.5. The first-order chi connectivity index (χ1) is 16.4. The average molecular weight is 464 g/mol. The van der Waals surface area contributed by atoms with Gasteiger partial charge in [-0.3, -0.25) is 4.79 Å². The van der Waals surface area contributed by atoms with Crippen LogP contribution < -0.4 is 5.32 Å². The van der Waals surface area contributed by atoms with Gasteiger partial charge in [0.1, 0.15) is 11.6 Å². The number of anilines is 1. The molecule has 3 aliphatic carbocycles. The standard InChI is InChI=1S/C28H34FN3O2/c1-17-12-14-30-25(15-17)31-26(33)8-3-5-18-16-24(32-34)28(2)13-11-20-19-6-4-7-23(29)21(19)9-10-22(20)27(18)28/h4,6-7,12,14-15,18,20,22,27,34H,3,5,8-11,13,16H2,1-2H3,(H,30,31,33)/b32-24+/t18-,20?,22?,27?,28-/m1/s1. The SMILES string of the molecule is Cc1ccnc(NC(=O)CCC[C@@H]2C/C(=N\O)[C@@]3(C)CCC4c5cccc(F)c5CCC4C23)c1. The number of oxime groups is 1. The molecular formula is C28H34FN3O2. The number of pyridine rings is 1. The van der Waals surface area contributed by atoms with Crippen LogP contribution in [0.2, 0.25) is 0 Å². The Hall–Kier alpha value is -2.76. The van der Waals surface area contributed by atoms with Crippen molar-refractivity contribution in [2.45, 2.75) is 71.1 Å². The lowest BCUT2D eigenvalue weighted by Crippen LogP contribution is -2.44. The Morgan fingerprint density at radius 2 is 2.18 bits per heavy atom. The van der Waals surface area contributed by atoms with Crippen LogP contribution >= 0.6 is 0 Å². The van der Waals surface area contributed by atoms with Gasteiger partial charge in [0.05, 0.1) is 5.71 Å². The summed E-state index contributed by atoms with van der Waals surface area (Å²) in [7, 11) is 0. The first-order valence-electron chi connectivity index (χ1n) is 12.6. The molecule has 2 saturated carbocycles. The summed E-state index contributed by atoms with van der Waals surface area (Å²) in [6.07, 6.45) is 8.38. The molecule has 1 aromatic carbocycles. The predicted molar refractivity (Wildman–Crippen MR) is 131 cm³/mol. The predicted octanol–water partition coefficient (Wildman–Crippen LogP) is 6.25. The van der Waals surface area contributed by atoms with Crippen LogP contribution in [0, 0.1) is 35.9 Å². The highest BCUT2D eigenvalue weighted by Crippen LogP contribution is 2.62. The van der Waals surface area contributed by atoms with E-state index in [1.807, 2.05) is 25.1 Å². The van der Waals surface area contributed by atoms with Gasteiger partial charge in [0, 0.05) is 18.0 Å². The Balaban J connectivity index is 1.30. The third kappa shape index (κ3) is 4.01. The van der Waals surface area contributed by atoms with E-state index in [0.717, 1.165) is 61.8 Å². The normalized spacial score (nSPS) is 31.0. The van der Waals surface area contributed by atoms with E-state index >= 15 is 0 Å². The molecule has 0 saturated heterocycles. The van der Waals surface area contributed by atoms with Crippen LogP contribution in [0.1, 0.15) is 74.5 Å². The highest BCUT2D eigenvalue weighted by Gasteiger charge is 2.57. The second kappa shape index (κ2) is 9.12. The Morgan fingerprint density at radius 1 is 1.32 bits per heavy atom. The number of nitrogens with one attached hydrogen (secondary N) is 1. The van der Waals surface area contributed by atoms with Crippen molar-refractivity contribution in [1.29, 1.82) is 0 Å². The Morgan fingerprint density at radius 3 is 2.97 bits per heavy atom. The van der Waals surface area contributed by atoms with Crippen molar-refractivity contribution >= 4 is 17.4 Å². The van der Waals surface area contributed by atoms with E-state index in [0.29, 0.717) is 35.9 Å². The second-order valence-electron chi connectivity index (χ2n) is 10.8. The number of fused-ring (bicyclic) bond motifs is 5. The molecule has 2 N–H and O–H groups in total. The molecular weight excluding hydrogens is 429 g/mol. The maximum Gasteiger partial charge on any atom is 0.225 e. The lowest BCUT2D eigenvalue weighted by Gasteiger charge is -2.50. The highest BCUT2D eigenvalue weighted by molar-refractivity contribution is 5.92. The van der Waals surface area contributed by atoms with E-state index in [1.54, 1.807) is 12.3 Å². The largest absolute Gasteiger partial charge is 0.411 e. The molecule has 0 spiro atoms. The van der Waals surface area contributed by atoms with E-state index in [1.165, 1.54) is 5.56 Å². The van der Waals surface area contributed by atoms with Gasteiger partial charge in [-0.15, -0.1) is 0 Å². The zero-order valence-corrected chi connectivity index (χ0v) is 20.1. The molecule has 2 aromatic rings. The number of benzene rings is 1. The Bertz CT molecular complexity index is 1120. The van der Waals surface area contributed by atoms with Crippen molar-refractivity contribution in [3.63, 3.8) is 0 Å². The summed E-state index contributed by atoms with van der Waals surface area (Å²) in [6, 6.07) is 9.32. The summed E-state index contributed by atoms with van der Waals surface area (Å²) in [6.45, 7) is 4.24. The molecule has 0 bridgehead atoms. The number of amides is 1. The van der Waals surface area contributed by atoms with Gasteiger partial charge in [0.2, 0.25) is 5.91 Å². The first kappa shape index (κ1) is 23.0. The lowest BCUT2D eigenvalue weighted by molar-refractivity contribution is -0.116. The van der Waals surface area contributed by atoms with E-state index < -0.39 is 0 Å². The second-order valence-corrected chi connectivity index (χ2v) is 10.8. The molecule has 3 aliphatic rings. The fourth-order valence-corrected chi connectivity index (χ4v) is 7.41. The fourth-order valence-electron chi connectivity index (χ4n) is 7.41. The number of aryl methyl sites for hydroxylation is 1. The number of hydrogen-bond acceptors (Lipinski definition) is 4. The van der Waals surface area contributed by atoms with Crippen LogP contribution in [0.4, 0.5) is 10.2 Å². The van der Waals surface area contributed by atoms with E-state index in [-0.39, 0.29) is 17.1 Å². The molecule has 1 heterocycles. The quantitative estimate of drug-likeness (QED) is 0.406. The van der Waals surface area contributed by atoms with E-state index in [2.05, 4.69) is 28.4 Å². The van der Waals surface area contributed by atoms with Crippen molar-refractivity contribution in [2.24, 2.45) is 28.3 Å². The van der Waals surface area contributed by atoms with Crippen molar-refractivity contribution < 1.29 is 14.4 Å². The fraction of sp³-hybridized carbons (Fsp3) is 0.536. The minimum atomic E-state index is -0.112. The molecule has 0 aliphatic heterocycles. The zero-order chi connectivity index (χ0) is 23.9. The first-order valence-corrected chi connectivity index (χ1v) is 12.6. The molecule has 6 heteroatoms. The zero-order valence-electron chi connectivity index (χ0n) is 20.1. The number of carbonyl (C=O) groups excluding carboxylic acids is 1. The van der Waals surface area contributed by atoms with Gasteiger partial charge in [-0.2, -0.15) is 0 Å². The van der Waals surface area contributed by atoms with Gasteiger partial charge < -0.3 is 10.5 Å². The number of halogens is 1. The number of rotatable bonds is 5. The van der Waals surface area contributed by atoms with Crippen molar-refractivity contribution in [3.8, 4) is 0 Å². The van der Waals surface area contributed by atoms with Crippen molar-refractivity contribution in [2.75, 3.05) is 5.32 Å². The molecule has 2 fully saturated rings. The van der Waals surface area contributed by atoms with Gasteiger partial charge in [0.25, 0.3) is 0 Å². The van der Waals surface area contributed by atoms with Gasteiger partial charge in [-0.1, -0.05) is 24.2 Å². The van der Waals surface area contributed by atoms with Crippen LogP contribution in [-0.2, 0) is 11.2 Å². The lowest BCUT2D eigenvalue weighted by atomic mass is 9.54. The van der Waals surface area contributed by atoms with Crippen LogP contribution in [0.15, 0.2) is 41.7 Å². The summed E-state index contributed by atoms with van der Waals surface area (Å²) in [5.41, 5.74) is 3.96. The summed E-state index contributed by atoms with van der Waals surface area (Å²) < 4.78 is 14.5. The molecule has 180 valence electrons. The van der Waals surface area contributed by atoms with Crippen LogP contribution in [0.25, 0.3) is 0 Å². The molecule has 3 unspecified atom stereocenters. The number of aromatic nitrogens is 1. The van der Waals surface area contributed by atoms with Crippen LogP contribution in [0.5, 0.6) is 0 Å². The molecule has 5 nitrogen and oxygen atoms in total. The maximum absolute atomic E-state index is 14.5. The van der Waals surface area contributed by atoms with Gasteiger partial charge >= 0.3 is 0 Å². The van der Waals surface area contributed by atoms with E-state index in [9.17, 15) is 14.4 Å². The monoisotopic (exact) mass is 463 g/mol. The molecule has 1 amide bonds. The van der Waals surface area contributed by atoms with Crippen LogP contribution in [-0.4, -0.2) is 21.8 Å². The smallest absolute Gasteiger partial charge is 0.225 e. The summed E-state index contributed by atoms with van der Waals surface area (Å²) >= 11 is 0. The maximum atomic E-state index is 14.5. The third-order valence-electron chi connectivity index (χ3n) is 8.88. The van der Waals surface area contributed by atoms with Crippen LogP contribution in [0.3, 0.4) is 0 Å². The minimum Gasteiger partial charge on any atom is -0.411 e. The van der Waals surface area contributed by atoms with Gasteiger partial charge in [0.15, 0.2) is 0 Å². The van der Waals surface area contributed by atoms with Gasteiger partial charge in [-0.25, -0.2) is 9.37 Å². The average Bonchev–Trinajstić information content (AvgIpc) is 3.11. The van der Waals surface area contributed by atoms with Crippen molar-refractivity contribution in [1.82, 2.24) is 4.98 Å². The Kier molecular flexibility index (Phi) is 6.17. The number of carbonyl (C=O) groups is 1. The molecule has 5 atom stereocenters. The summed E-state index contributed by atoms with van der Waals surface area (Å²) in [4.78, 5) is 16.7. The highest BCUT2D eigenvalue weighted by atomic mass is 19.1. The molecule has 0 radical (unpaired) electrons. The minimum absolute atomic E-state index is 0.0153. The third-order valence-corrected chi connectivity index (χ3v) is 8.88. The number of nitrogens with zero attached hydrogens (tertiary/aromatic N) is 2. The van der Waals surface area contributed by atoms with Crippen molar-refractivity contribution in [3.05, 3.63) is 59.0 Å². The van der Waals surface area contributed by atoms with Gasteiger partial charge in [-0.05, 0) is 110 Å².